The van der Waals surface area contributed by atoms with Crippen LogP contribution in [0.2, 0.25) is 0 Å². The van der Waals surface area contributed by atoms with E-state index in [1.54, 1.807) is 29.4 Å². The molecule has 1 aromatic carbocycles. The molecule has 0 aromatic heterocycles. The Morgan fingerprint density at radius 1 is 1.17 bits per heavy atom. The molecule has 0 atom stereocenters. The summed E-state index contributed by atoms with van der Waals surface area (Å²) in [6, 6.07) is 5.09. The van der Waals surface area contributed by atoms with Crippen molar-refractivity contribution in [2.75, 3.05) is 18.4 Å². The Bertz CT molecular complexity index is 699. The van der Waals surface area contributed by atoms with E-state index in [9.17, 15) is 13.2 Å². The molecule has 1 aliphatic rings. The third-order valence-corrected chi connectivity index (χ3v) is 6.14. The summed E-state index contributed by atoms with van der Waals surface area (Å²) < 4.78 is 27.3. The Hall–Kier alpha value is -1.40. The van der Waals surface area contributed by atoms with E-state index in [0.717, 1.165) is 19.3 Å². The molecule has 1 saturated heterocycles. The van der Waals surface area contributed by atoms with Crippen molar-refractivity contribution < 1.29 is 13.2 Å². The standard InChI is InChI=1S/C18H28N2O3S/c1-14-8-9-15(19-17(21)13-18(2,3)4)12-16(14)24(22,23)20-10-6-5-7-11-20/h8-9,12H,5-7,10-11,13H2,1-4H3,(H,19,21). The van der Waals surface area contributed by atoms with E-state index in [-0.39, 0.29) is 16.2 Å². The summed E-state index contributed by atoms with van der Waals surface area (Å²) in [5.41, 5.74) is 1.12. The average molecular weight is 353 g/mol. The summed E-state index contributed by atoms with van der Waals surface area (Å²) in [5.74, 6) is -0.104. The highest BCUT2D eigenvalue weighted by Gasteiger charge is 2.27. The highest BCUT2D eigenvalue weighted by Crippen LogP contribution is 2.26. The fraction of sp³-hybridized carbons (Fsp3) is 0.611. The van der Waals surface area contributed by atoms with Crippen LogP contribution in [0.25, 0.3) is 0 Å². The average Bonchev–Trinajstić information content (AvgIpc) is 2.48. The molecule has 1 fully saturated rings. The van der Waals surface area contributed by atoms with Gasteiger partial charge in [0.15, 0.2) is 0 Å². The predicted molar refractivity (Wildman–Crippen MR) is 96.5 cm³/mol. The van der Waals surface area contributed by atoms with E-state index in [4.69, 9.17) is 0 Å². The molecule has 24 heavy (non-hydrogen) atoms. The van der Waals surface area contributed by atoms with E-state index < -0.39 is 10.0 Å². The van der Waals surface area contributed by atoms with Crippen LogP contribution in [-0.2, 0) is 14.8 Å². The molecule has 0 unspecified atom stereocenters. The third kappa shape index (κ3) is 4.80. The molecule has 0 aliphatic carbocycles. The quantitative estimate of drug-likeness (QED) is 0.901. The molecule has 134 valence electrons. The molecule has 0 radical (unpaired) electrons. The molecule has 0 bridgehead atoms. The highest BCUT2D eigenvalue weighted by molar-refractivity contribution is 7.89. The lowest BCUT2D eigenvalue weighted by atomic mass is 9.92. The number of piperidine rings is 1. The first kappa shape index (κ1) is 18.9. The van der Waals surface area contributed by atoms with Gasteiger partial charge < -0.3 is 5.32 Å². The van der Waals surface area contributed by atoms with Gasteiger partial charge in [-0.3, -0.25) is 4.79 Å². The lowest BCUT2D eigenvalue weighted by Gasteiger charge is -2.26. The number of nitrogens with zero attached hydrogens (tertiary/aromatic N) is 1. The van der Waals surface area contributed by atoms with Crippen molar-refractivity contribution in [2.45, 2.75) is 58.3 Å². The Balaban J connectivity index is 2.23. The van der Waals surface area contributed by atoms with E-state index in [0.29, 0.717) is 30.8 Å². The second-order valence-electron chi connectivity index (χ2n) is 7.73. The van der Waals surface area contributed by atoms with Crippen molar-refractivity contribution in [1.29, 1.82) is 0 Å². The first-order valence-electron chi connectivity index (χ1n) is 8.50. The zero-order valence-electron chi connectivity index (χ0n) is 15.1. The minimum absolute atomic E-state index is 0.104. The molecule has 1 aliphatic heterocycles. The van der Waals surface area contributed by atoms with Crippen LogP contribution in [-0.4, -0.2) is 31.7 Å². The molecule has 0 saturated carbocycles. The third-order valence-electron chi connectivity index (χ3n) is 4.10. The maximum absolute atomic E-state index is 12.9. The lowest BCUT2D eigenvalue weighted by Crippen LogP contribution is -2.36. The molecule has 5 nitrogen and oxygen atoms in total. The minimum atomic E-state index is -3.50. The van der Waals surface area contributed by atoms with Crippen molar-refractivity contribution in [1.82, 2.24) is 4.31 Å². The summed E-state index contributed by atoms with van der Waals surface area (Å²) in [4.78, 5) is 12.4. The molecule has 1 N–H and O–H groups in total. The second kappa shape index (κ2) is 7.23. The fourth-order valence-corrected chi connectivity index (χ4v) is 4.65. The van der Waals surface area contributed by atoms with E-state index >= 15 is 0 Å². The minimum Gasteiger partial charge on any atom is -0.326 e. The van der Waals surface area contributed by atoms with Crippen LogP contribution in [0.3, 0.4) is 0 Å². The fourth-order valence-electron chi connectivity index (χ4n) is 2.89. The van der Waals surface area contributed by atoms with E-state index in [2.05, 4.69) is 5.32 Å². The Kier molecular flexibility index (Phi) is 5.71. The second-order valence-corrected chi connectivity index (χ2v) is 9.64. The van der Waals surface area contributed by atoms with Crippen molar-refractivity contribution in [3.8, 4) is 0 Å². The first-order valence-corrected chi connectivity index (χ1v) is 9.94. The van der Waals surface area contributed by atoms with Crippen molar-refractivity contribution in [2.24, 2.45) is 5.41 Å². The smallest absolute Gasteiger partial charge is 0.243 e. The normalized spacial score (nSPS) is 16.8. The molecular weight excluding hydrogens is 324 g/mol. The summed E-state index contributed by atoms with van der Waals surface area (Å²) in [7, 11) is -3.50. The van der Waals surface area contributed by atoms with Crippen molar-refractivity contribution >= 4 is 21.6 Å². The van der Waals surface area contributed by atoms with Crippen LogP contribution in [0.5, 0.6) is 0 Å². The molecule has 1 aromatic rings. The molecule has 1 amide bonds. The van der Waals surface area contributed by atoms with E-state index in [1.807, 2.05) is 20.8 Å². The van der Waals surface area contributed by atoms with Crippen molar-refractivity contribution in [3.63, 3.8) is 0 Å². The summed E-state index contributed by atoms with van der Waals surface area (Å²) >= 11 is 0. The summed E-state index contributed by atoms with van der Waals surface area (Å²) in [6.07, 6.45) is 3.27. The number of anilines is 1. The van der Waals surface area contributed by atoms with Gasteiger partial charge in [-0.1, -0.05) is 33.3 Å². The molecule has 0 spiro atoms. The number of benzene rings is 1. The Morgan fingerprint density at radius 3 is 2.38 bits per heavy atom. The van der Waals surface area contributed by atoms with Crippen LogP contribution in [0, 0.1) is 12.3 Å². The molecular formula is C18H28N2O3S. The maximum Gasteiger partial charge on any atom is 0.243 e. The zero-order valence-corrected chi connectivity index (χ0v) is 15.9. The van der Waals surface area contributed by atoms with Gasteiger partial charge in [-0.25, -0.2) is 8.42 Å². The largest absolute Gasteiger partial charge is 0.326 e. The molecule has 1 heterocycles. The number of carbonyl (C=O) groups excluding carboxylic acids is 1. The number of amides is 1. The Labute approximate surface area is 145 Å². The number of sulfonamides is 1. The van der Waals surface area contributed by atoms with Crippen LogP contribution in [0.4, 0.5) is 5.69 Å². The van der Waals surface area contributed by atoms with Crippen LogP contribution >= 0.6 is 0 Å². The summed E-state index contributed by atoms with van der Waals surface area (Å²) in [6.45, 7) is 8.91. The Morgan fingerprint density at radius 2 is 1.79 bits per heavy atom. The van der Waals surface area contributed by atoms with Gasteiger partial charge in [0.25, 0.3) is 0 Å². The van der Waals surface area contributed by atoms with Gasteiger partial charge >= 0.3 is 0 Å². The van der Waals surface area contributed by atoms with Crippen LogP contribution in [0.1, 0.15) is 52.0 Å². The monoisotopic (exact) mass is 352 g/mol. The number of rotatable bonds is 4. The van der Waals surface area contributed by atoms with Gasteiger partial charge in [-0.05, 0) is 42.9 Å². The first-order chi connectivity index (χ1) is 11.1. The molecule has 2 rings (SSSR count). The summed E-state index contributed by atoms with van der Waals surface area (Å²) in [5, 5.41) is 2.82. The van der Waals surface area contributed by atoms with Crippen LogP contribution < -0.4 is 5.32 Å². The SMILES string of the molecule is Cc1ccc(NC(=O)CC(C)(C)C)cc1S(=O)(=O)N1CCCCC1. The number of nitrogens with one attached hydrogen (secondary N) is 1. The number of carbonyl (C=O) groups is 1. The highest BCUT2D eigenvalue weighted by atomic mass is 32.2. The van der Waals surface area contributed by atoms with E-state index in [1.165, 1.54) is 0 Å². The number of hydrogen-bond donors (Lipinski definition) is 1. The van der Waals surface area contributed by atoms with Gasteiger partial charge in [0.2, 0.25) is 15.9 Å². The topological polar surface area (TPSA) is 66.5 Å². The lowest BCUT2D eigenvalue weighted by molar-refractivity contribution is -0.117. The van der Waals surface area contributed by atoms with Gasteiger partial charge in [-0.15, -0.1) is 0 Å². The maximum atomic E-state index is 12.9. The number of aryl methyl sites for hydroxylation is 1. The predicted octanol–water partition coefficient (Wildman–Crippen LogP) is 3.54. The van der Waals surface area contributed by atoms with Gasteiger partial charge in [0, 0.05) is 25.2 Å². The van der Waals surface area contributed by atoms with Crippen molar-refractivity contribution in [3.05, 3.63) is 23.8 Å². The zero-order chi connectivity index (χ0) is 18.0. The van der Waals surface area contributed by atoms with Gasteiger partial charge in [-0.2, -0.15) is 4.31 Å². The van der Waals surface area contributed by atoms with Gasteiger partial charge in [0.1, 0.15) is 0 Å². The van der Waals surface area contributed by atoms with Crippen LogP contribution in [0.15, 0.2) is 23.1 Å². The molecule has 6 heteroatoms. The number of hydrogen-bond acceptors (Lipinski definition) is 3. The van der Waals surface area contributed by atoms with Gasteiger partial charge in [0.05, 0.1) is 4.90 Å².